The number of hydrogen-bond acceptors (Lipinski definition) is 6. The SMILES string of the molecule is CC(=O)N1CCN(c2ccc(Nc3cc(NC(C)c4ccccc4)c(C(N)=O)cn3)cc2)CC1. The molecule has 0 spiro atoms. The summed E-state index contributed by atoms with van der Waals surface area (Å²) >= 11 is 0. The smallest absolute Gasteiger partial charge is 0.252 e. The zero-order chi connectivity index (χ0) is 24.1. The van der Waals surface area contributed by atoms with Crippen molar-refractivity contribution in [1.29, 1.82) is 0 Å². The van der Waals surface area contributed by atoms with Gasteiger partial charge in [0.1, 0.15) is 5.82 Å². The first kappa shape index (κ1) is 23.1. The van der Waals surface area contributed by atoms with Gasteiger partial charge in [0, 0.05) is 62.8 Å². The maximum Gasteiger partial charge on any atom is 0.252 e. The molecule has 0 bridgehead atoms. The van der Waals surface area contributed by atoms with Gasteiger partial charge >= 0.3 is 0 Å². The third-order valence-corrected chi connectivity index (χ3v) is 6.07. The van der Waals surface area contributed by atoms with Gasteiger partial charge in [-0.3, -0.25) is 9.59 Å². The summed E-state index contributed by atoms with van der Waals surface area (Å²) in [7, 11) is 0. The van der Waals surface area contributed by atoms with Crippen LogP contribution in [-0.2, 0) is 4.79 Å². The Hall–Kier alpha value is -4.07. The molecule has 1 fully saturated rings. The number of anilines is 4. The third kappa shape index (κ3) is 5.46. The van der Waals surface area contributed by atoms with E-state index >= 15 is 0 Å². The fourth-order valence-corrected chi connectivity index (χ4v) is 4.08. The van der Waals surface area contributed by atoms with Gasteiger partial charge in [0.25, 0.3) is 5.91 Å². The second kappa shape index (κ2) is 10.2. The number of primary amides is 1. The molecule has 4 rings (SSSR count). The molecular weight excluding hydrogens is 428 g/mol. The van der Waals surface area contributed by atoms with Crippen LogP contribution in [0.4, 0.5) is 22.9 Å². The molecule has 2 amide bonds. The molecule has 1 aliphatic heterocycles. The largest absolute Gasteiger partial charge is 0.378 e. The lowest BCUT2D eigenvalue weighted by atomic mass is 10.1. The van der Waals surface area contributed by atoms with Crippen LogP contribution in [0.25, 0.3) is 0 Å². The lowest BCUT2D eigenvalue weighted by Gasteiger charge is -2.35. The van der Waals surface area contributed by atoms with Crippen molar-refractivity contribution in [2.24, 2.45) is 5.73 Å². The van der Waals surface area contributed by atoms with Crippen LogP contribution in [0.15, 0.2) is 66.9 Å². The third-order valence-electron chi connectivity index (χ3n) is 6.07. The summed E-state index contributed by atoms with van der Waals surface area (Å²) in [6.07, 6.45) is 1.49. The number of nitrogens with two attached hydrogens (primary N) is 1. The van der Waals surface area contributed by atoms with Gasteiger partial charge in [-0.2, -0.15) is 0 Å². The van der Waals surface area contributed by atoms with Crippen molar-refractivity contribution in [1.82, 2.24) is 9.88 Å². The Balaban J connectivity index is 1.46. The van der Waals surface area contributed by atoms with Crippen LogP contribution in [-0.4, -0.2) is 47.9 Å². The van der Waals surface area contributed by atoms with E-state index in [2.05, 4.69) is 32.7 Å². The molecule has 34 heavy (non-hydrogen) atoms. The molecule has 2 aromatic carbocycles. The van der Waals surface area contributed by atoms with Crippen LogP contribution in [0.5, 0.6) is 0 Å². The van der Waals surface area contributed by atoms with E-state index in [0.29, 0.717) is 17.1 Å². The molecule has 0 aliphatic carbocycles. The number of aromatic nitrogens is 1. The minimum atomic E-state index is -0.531. The predicted octanol–water partition coefficient (Wildman–Crippen LogP) is 3.77. The summed E-state index contributed by atoms with van der Waals surface area (Å²) in [6.45, 7) is 6.76. The number of pyridine rings is 1. The number of benzene rings is 2. The minimum Gasteiger partial charge on any atom is -0.378 e. The molecule has 0 saturated carbocycles. The van der Waals surface area contributed by atoms with Crippen molar-refractivity contribution < 1.29 is 9.59 Å². The van der Waals surface area contributed by atoms with Gasteiger partial charge in [-0.05, 0) is 36.8 Å². The first-order valence-electron chi connectivity index (χ1n) is 11.4. The van der Waals surface area contributed by atoms with E-state index in [1.807, 2.05) is 54.3 Å². The van der Waals surface area contributed by atoms with Crippen LogP contribution < -0.4 is 21.3 Å². The topological polar surface area (TPSA) is 104 Å². The van der Waals surface area contributed by atoms with E-state index in [9.17, 15) is 9.59 Å². The molecule has 2 heterocycles. The standard InChI is InChI=1S/C26H30N6O2/c1-18(20-6-4-3-5-7-20)29-24-16-25(28-17-23(24)26(27)34)30-21-8-10-22(11-9-21)32-14-12-31(13-15-32)19(2)33/h3-11,16-18H,12-15H2,1-2H3,(H2,27,34)(H2,28,29,30). The molecule has 176 valence electrons. The van der Waals surface area contributed by atoms with Gasteiger partial charge in [0.2, 0.25) is 5.91 Å². The molecule has 4 N–H and O–H groups in total. The lowest BCUT2D eigenvalue weighted by molar-refractivity contribution is -0.129. The Labute approximate surface area is 199 Å². The van der Waals surface area contributed by atoms with Gasteiger partial charge in [-0.15, -0.1) is 0 Å². The molecule has 1 atom stereocenters. The Morgan fingerprint density at radius 2 is 1.68 bits per heavy atom. The second-order valence-electron chi connectivity index (χ2n) is 8.42. The van der Waals surface area contributed by atoms with E-state index in [1.165, 1.54) is 6.20 Å². The van der Waals surface area contributed by atoms with Gasteiger partial charge in [0.05, 0.1) is 11.3 Å². The summed E-state index contributed by atoms with van der Waals surface area (Å²) in [5.41, 5.74) is 9.64. The van der Waals surface area contributed by atoms with Crippen LogP contribution in [0, 0.1) is 0 Å². The normalized spacial score (nSPS) is 14.4. The molecule has 0 radical (unpaired) electrons. The maximum absolute atomic E-state index is 12.0. The monoisotopic (exact) mass is 458 g/mol. The van der Waals surface area contributed by atoms with E-state index < -0.39 is 5.91 Å². The predicted molar refractivity (Wildman–Crippen MR) is 135 cm³/mol. The maximum atomic E-state index is 12.0. The van der Waals surface area contributed by atoms with Crippen LogP contribution in [0.2, 0.25) is 0 Å². The highest BCUT2D eigenvalue weighted by atomic mass is 16.2. The molecular formula is C26H30N6O2. The number of hydrogen-bond donors (Lipinski definition) is 3. The Bertz CT molecular complexity index is 1140. The van der Waals surface area contributed by atoms with Crippen molar-refractivity contribution in [3.63, 3.8) is 0 Å². The number of carbonyl (C=O) groups is 2. The molecule has 1 saturated heterocycles. The highest BCUT2D eigenvalue weighted by Gasteiger charge is 2.19. The van der Waals surface area contributed by atoms with E-state index in [1.54, 1.807) is 13.0 Å². The fraction of sp³-hybridized carbons (Fsp3) is 0.269. The molecule has 1 aliphatic rings. The highest BCUT2D eigenvalue weighted by molar-refractivity contribution is 5.98. The number of nitrogens with one attached hydrogen (secondary N) is 2. The van der Waals surface area contributed by atoms with Crippen molar-refractivity contribution in [3.05, 3.63) is 78.0 Å². The van der Waals surface area contributed by atoms with Gasteiger partial charge in [-0.25, -0.2) is 4.98 Å². The summed E-state index contributed by atoms with van der Waals surface area (Å²) in [5.74, 6) is 0.202. The van der Waals surface area contributed by atoms with E-state index in [4.69, 9.17) is 5.73 Å². The Morgan fingerprint density at radius 3 is 2.29 bits per heavy atom. The van der Waals surface area contributed by atoms with Gasteiger partial charge < -0.3 is 26.2 Å². The van der Waals surface area contributed by atoms with Crippen LogP contribution in [0.1, 0.15) is 35.8 Å². The average Bonchev–Trinajstić information content (AvgIpc) is 2.85. The van der Waals surface area contributed by atoms with Crippen molar-refractivity contribution >= 4 is 34.7 Å². The molecule has 8 heteroatoms. The number of rotatable bonds is 7. The number of nitrogens with zero attached hydrogens (tertiary/aromatic N) is 3. The molecule has 1 aromatic heterocycles. The average molecular weight is 459 g/mol. The number of amides is 2. The number of piperazine rings is 1. The molecule has 1 unspecified atom stereocenters. The van der Waals surface area contributed by atoms with Gasteiger partial charge in [0.15, 0.2) is 0 Å². The van der Waals surface area contributed by atoms with Crippen LogP contribution >= 0.6 is 0 Å². The first-order valence-corrected chi connectivity index (χ1v) is 11.4. The highest BCUT2D eigenvalue weighted by Crippen LogP contribution is 2.27. The zero-order valence-corrected chi connectivity index (χ0v) is 19.5. The lowest BCUT2D eigenvalue weighted by Crippen LogP contribution is -2.48. The number of carbonyl (C=O) groups excluding carboxylic acids is 2. The minimum absolute atomic E-state index is 0.0164. The fourth-order valence-electron chi connectivity index (χ4n) is 4.08. The molecule has 8 nitrogen and oxygen atoms in total. The first-order chi connectivity index (χ1) is 16.4. The summed E-state index contributed by atoms with van der Waals surface area (Å²) in [6, 6.07) is 19.9. The van der Waals surface area contributed by atoms with E-state index in [-0.39, 0.29) is 11.9 Å². The van der Waals surface area contributed by atoms with Crippen molar-refractivity contribution in [3.8, 4) is 0 Å². The van der Waals surface area contributed by atoms with Gasteiger partial charge in [-0.1, -0.05) is 30.3 Å². The second-order valence-corrected chi connectivity index (χ2v) is 8.42. The quantitative estimate of drug-likeness (QED) is 0.498. The van der Waals surface area contributed by atoms with E-state index in [0.717, 1.165) is 43.1 Å². The molecule has 3 aromatic rings. The summed E-state index contributed by atoms with van der Waals surface area (Å²) in [4.78, 5) is 32.0. The van der Waals surface area contributed by atoms with Crippen molar-refractivity contribution in [2.45, 2.75) is 19.9 Å². The summed E-state index contributed by atoms with van der Waals surface area (Å²) in [5, 5.41) is 6.68. The Kier molecular flexibility index (Phi) is 6.96. The van der Waals surface area contributed by atoms with Crippen LogP contribution in [0.3, 0.4) is 0 Å². The Morgan fingerprint density at radius 1 is 1.00 bits per heavy atom. The van der Waals surface area contributed by atoms with Crippen molar-refractivity contribution in [2.75, 3.05) is 41.7 Å². The summed E-state index contributed by atoms with van der Waals surface area (Å²) < 4.78 is 0. The zero-order valence-electron chi connectivity index (χ0n) is 19.5.